The summed E-state index contributed by atoms with van der Waals surface area (Å²) in [6, 6.07) is 20.1. The molecule has 4 aromatic heterocycles. The number of alkyl halides is 1. The quantitative estimate of drug-likeness (QED) is 0.0139. The zero-order valence-electron chi connectivity index (χ0n) is 67.6. The number of likely N-dealkylation sites (N-methyl/N-ethyl adjacent to an activating group) is 1. The maximum atomic E-state index is 14.8. The van der Waals surface area contributed by atoms with Crippen molar-refractivity contribution in [2.75, 3.05) is 109 Å². The summed E-state index contributed by atoms with van der Waals surface area (Å²) in [7, 11) is 0.0766. The molecule has 0 spiro atoms. The number of rotatable bonds is 48. The lowest BCUT2D eigenvalue weighted by molar-refractivity contribution is -0.277. The Balaban J connectivity index is 0.620. The van der Waals surface area contributed by atoms with Crippen molar-refractivity contribution in [1.29, 1.82) is 0 Å². The minimum atomic E-state index is -5.28. The number of nitrogens with zero attached hydrogens (tertiary/aromatic N) is 8. The highest BCUT2D eigenvalue weighted by Gasteiger charge is 2.46. The number of unbranched alkanes of at least 4 members (excludes halogenated alkanes) is 1. The Kier molecular flexibility index (Phi) is 32.1. The number of fused-ring (bicyclic) bond motifs is 5. The summed E-state index contributed by atoms with van der Waals surface area (Å²) >= 11 is 6.67. The predicted octanol–water partition coefficient (Wildman–Crippen LogP) is 4.72. The van der Waals surface area contributed by atoms with Crippen molar-refractivity contribution in [3.8, 4) is 28.7 Å². The summed E-state index contributed by atoms with van der Waals surface area (Å²) in [5.41, 5.74) is 15.0. The number of anilines is 3. The minimum Gasteiger partial charge on any atom is -0.493 e. The number of ketones is 3. The van der Waals surface area contributed by atoms with Crippen LogP contribution in [0.4, 0.5) is 17.3 Å². The zero-order chi connectivity index (χ0) is 87.3. The fourth-order valence-electron chi connectivity index (χ4n) is 14.0. The van der Waals surface area contributed by atoms with Crippen LogP contribution < -0.4 is 60.5 Å². The van der Waals surface area contributed by atoms with Crippen molar-refractivity contribution < 1.29 is 104 Å². The van der Waals surface area contributed by atoms with E-state index in [1.807, 2.05) is 32.0 Å². The number of aryl methyl sites for hydroxylation is 2. The second-order valence-corrected chi connectivity index (χ2v) is 31.2. The van der Waals surface area contributed by atoms with Crippen molar-refractivity contribution in [2.45, 2.75) is 140 Å². The standard InChI is InChI=1S/C82H100ClN15O23S/c1-46-10-7-13-57-64(39-61-70(69(46)57)51(40-83)43-98(61)79(109)60-35-50-37-66(117-33-27-96(2)3)65(114-4)38-59(50)90-60)120-122(112,113)121-67-36-48(17-24-63(67)118-81-74(105)73(104)72(103)68(45-99)119-81)62(102)14-9-30-116-32-28-97-44-53(94-95-97)20-21-56(101)34-49(11-5-6-25-84)76(106)86-26-31-115-29-8-12-55(100)22-23-58(80(110)111)91-77(107)47-15-18-52(19-16-47)87-41-54-42-88-75-71(89-54)78(108)93-82(85)92-75/h7,10,13,15-19,24,35-39,42,44,49,51,58,68,72-74,81,87,90,99,103-105H,5-6,8-9,11-12,14,20-23,25-34,40-41,43,45,84H2,1-4H3,(H,86,106)(H,91,107)(H,110,111)(H3,85,88,92,93,108)/t49-,51+,58+,68+,72-,73-,74+,81+/m0/s1. The molecular weight excluding hydrogens is 1630 g/mol. The number of Topliss-reactive ketones (excluding diaryl/α,β-unsaturated/α-hetero) is 3. The lowest BCUT2D eigenvalue weighted by Gasteiger charge is -2.39. The zero-order valence-corrected chi connectivity index (χ0v) is 69.2. The third kappa shape index (κ3) is 24.1. The van der Waals surface area contributed by atoms with Gasteiger partial charge < -0.3 is 105 Å². The molecule has 1 saturated heterocycles. The predicted molar refractivity (Wildman–Crippen MR) is 445 cm³/mol. The molecule has 14 N–H and O–H groups in total. The molecule has 654 valence electrons. The van der Waals surface area contributed by atoms with Crippen LogP contribution in [0.15, 0.2) is 102 Å². The van der Waals surface area contributed by atoms with Crippen LogP contribution in [0.3, 0.4) is 0 Å². The van der Waals surface area contributed by atoms with Crippen LogP contribution >= 0.6 is 11.6 Å². The summed E-state index contributed by atoms with van der Waals surface area (Å²) in [6.45, 7) is 3.64. The molecule has 2 aliphatic heterocycles. The van der Waals surface area contributed by atoms with Crippen LogP contribution in [0, 0.1) is 12.8 Å². The summed E-state index contributed by atoms with van der Waals surface area (Å²) in [5.74, 6) is -5.08. The summed E-state index contributed by atoms with van der Waals surface area (Å²) in [4.78, 5) is 127. The Bertz CT molecular complexity index is 5380. The average Bonchev–Trinajstić information content (AvgIpc) is 1.56. The van der Waals surface area contributed by atoms with E-state index >= 15 is 0 Å². The number of halogens is 1. The third-order valence-corrected chi connectivity index (χ3v) is 21.7. The topological polar surface area (TPSA) is 541 Å². The SMILES string of the molecule is COc1cc2[nH]c(C(=O)N3C[C@@H](CCl)c4c3cc(OS(=O)(=O)Oc3cc(C(=O)CCCOCCn5cc(CCC(=O)C[C@H](CCCCN)C(=O)NCCOCCCC(=O)CC[C@@H](NC(=O)c6ccc(NCc7cnc8nc(N)[nH]c(=O)c8n7)cc6)C(=O)O)nn5)ccc3O[C@@H]3O[C@H](CO)[C@H](O)[C@H](O)[C@H]3O)c3cccc(C)c43)cc2cc1OCCN(C)C. The molecule has 9 aromatic rings. The highest BCUT2D eigenvalue weighted by molar-refractivity contribution is 7.82. The Morgan fingerprint density at radius 3 is 2.30 bits per heavy atom. The Labute approximate surface area is 705 Å². The molecule has 122 heavy (non-hydrogen) atoms. The molecule has 8 atom stereocenters. The van der Waals surface area contributed by atoms with E-state index in [4.69, 9.17) is 59.9 Å². The van der Waals surface area contributed by atoms with Gasteiger partial charge in [0, 0.05) is 134 Å². The molecule has 0 bridgehead atoms. The van der Waals surface area contributed by atoms with E-state index < -0.39 is 106 Å². The maximum absolute atomic E-state index is 14.8. The Hall–Kier alpha value is -11.4. The Morgan fingerprint density at radius 1 is 0.795 bits per heavy atom. The van der Waals surface area contributed by atoms with Gasteiger partial charge in [0.2, 0.25) is 18.1 Å². The monoisotopic (exact) mass is 1730 g/mol. The number of hydrogen-bond acceptors (Lipinski definition) is 31. The number of carbonyl (C=O) groups excluding carboxylic acids is 6. The highest BCUT2D eigenvalue weighted by Crippen LogP contribution is 2.48. The number of aliphatic hydroxyl groups excluding tert-OH is 4. The number of methoxy groups -OCH3 is 1. The lowest BCUT2D eigenvalue weighted by atomic mass is 9.92. The number of hydrogen-bond donors (Lipinski definition) is 12. The molecular formula is C82H100ClN15O23S. The second kappa shape index (κ2) is 42.9. The van der Waals surface area contributed by atoms with Gasteiger partial charge in [0.1, 0.15) is 54.3 Å². The van der Waals surface area contributed by atoms with E-state index in [2.05, 4.69) is 51.2 Å². The van der Waals surface area contributed by atoms with E-state index in [1.165, 1.54) is 53.2 Å². The summed E-state index contributed by atoms with van der Waals surface area (Å²) in [5, 5.41) is 70.3. The van der Waals surface area contributed by atoms with Gasteiger partial charge in [0.05, 0.1) is 63.3 Å². The first kappa shape index (κ1) is 91.4. The molecule has 5 aromatic carbocycles. The van der Waals surface area contributed by atoms with Crippen LogP contribution in [-0.4, -0.2) is 249 Å². The van der Waals surface area contributed by atoms with Gasteiger partial charge in [-0.2, -0.15) is 4.98 Å². The molecule has 2 aliphatic rings. The van der Waals surface area contributed by atoms with Gasteiger partial charge in [-0.3, -0.25) is 38.5 Å². The number of carboxylic acid groups (broad SMARTS) is 1. The smallest absolute Gasteiger partial charge is 0.493 e. The van der Waals surface area contributed by atoms with Gasteiger partial charge in [0.25, 0.3) is 17.4 Å². The van der Waals surface area contributed by atoms with Gasteiger partial charge in [-0.05, 0) is 137 Å². The van der Waals surface area contributed by atoms with E-state index in [0.717, 1.165) is 6.07 Å². The van der Waals surface area contributed by atoms with E-state index in [1.54, 1.807) is 48.7 Å². The number of aromatic amines is 2. The van der Waals surface area contributed by atoms with E-state index in [-0.39, 0.29) is 167 Å². The van der Waals surface area contributed by atoms with Crippen LogP contribution in [0.1, 0.15) is 130 Å². The van der Waals surface area contributed by atoms with Gasteiger partial charge in [-0.15, -0.1) is 25.1 Å². The normalized spacial score (nSPS) is 17.0. The van der Waals surface area contributed by atoms with Gasteiger partial charge in [-0.1, -0.05) is 29.8 Å². The number of aliphatic hydroxyl groups is 4. The number of carbonyl (C=O) groups is 7. The summed E-state index contributed by atoms with van der Waals surface area (Å²) in [6.07, 6.45) is -3.51. The number of ether oxygens (including phenoxy) is 6. The first-order chi connectivity index (χ1) is 58.6. The first-order valence-corrected chi connectivity index (χ1v) is 41.6. The molecule has 0 unspecified atom stereocenters. The fraction of sp³-hybridized carbons (Fsp3) is 0.451. The minimum absolute atomic E-state index is 0.0221. The van der Waals surface area contributed by atoms with Crippen LogP contribution in [-0.2, 0) is 63.3 Å². The molecule has 0 saturated carbocycles. The first-order valence-electron chi connectivity index (χ1n) is 39.8. The van der Waals surface area contributed by atoms with E-state index in [9.17, 15) is 72.3 Å². The molecule has 38 nitrogen and oxygen atoms in total. The number of carboxylic acids is 1. The highest BCUT2D eigenvalue weighted by atomic mass is 35.5. The number of amides is 3. The fourth-order valence-corrected chi connectivity index (χ4v) is 15.0. The number of benzene rings is 5. The number of nitrogens with two attached hydrogens (primary N) is 2. The van der Waals surface area contributed by atoms with Crippen molar-refractivity contribution in [1.82, 2.24) is 55.4 Å². The third-order valence-electron chi connectivity index (χ3n) is 20.5. The molecule has 3 amide bonds. The van der Waals surface area contributed by atoms with Crippen LogP contribution in [0.2, 0.25) is 0 Å². The van der Waals surface area contributed by atoms with E-state index in [0.29, 0.717) is 112 Å². The number of aliphatic carboxylic acids is 1. The molecule has 40 heteroatoms. The lowest BCUT2D eigenvalue weighted by Crippen LogP contribution is -2.60. The number of aromatic nitrogens is 8. The molecule has 11 rings (SSSR count). The molecule has 0 radical (unpaired) electrons. The second-order valence-electron chi connectivity index (χ2n) is 29.7. The molecule has 0 aliphatic carbocycles. The summed E-state index contributed by atoms with van der Waals surface area (Å²) < 4.78 is 76.8. The number of nitrogens with one attached hydrogen (secondary N) is 5. The average molecular weight is 1730 g/mol. The van der Waals surface area contributed by atoms with Crippen molar-refractivity contribution in [3.05, 3.63) is 147 Å². The number of H-pyrrole nitrogens is 2. The molecule has 6 heterocycles. The van der Waals surface area contributed by atoms with Crippen molar-refractivity contribution in [2.24, 2.45) is 11.7 Å². The number of nitrogen functional groups attached to an aromatic ring is 1. The maximum Gasteiger partial charge on any atom is 0.501 e. The van der Waals surface area contributed by atoms with Crippen molar-refractivity contribution in [3.63, 3.8) is 0 Å². The van der Waals surface area contributed by atoms with Gasteiger partial charge in [0.15, 0.2) is 45.7 Å². The van der Waals surface area contributed by atoms with Crippen LogP contribution in [0.5, 0.6) is 28.7 Å². The van der Waals surface area contributed by atoms with Gasteiger partial charge in [-0.25, -0.2) is 19.4 Å². The van der Waals surface area contributed by atoms with Gasteiger partial charge >= 0.3 is 16.4 Å². The molecule has 1 fully saturated rings. The van der Waals surface area contributed by atoms with Crippen molar-refractivity contribution >= 4 is 113 Å². The Morgan fingerprint density at radius 2 is 1.56 bits per heavy atom. The van der Waals surface area contributed by atoms with Crippen LogP contribution in [0.25, 0.3) is 32.8 Å². The largest absolute Gasteiger partial charge is 0.501 e.